The van der Waals surface area contributed by atoms with Gasteiger partial charge in [0, 0.05) is 67.5 Å². The molecule has 0 fully saturated rings. The van der Waals surface area contributed by atoms with E-state index in [2.05, 4.69) is 55.1 Å². The molecule has 4 aliphatic rings. The van der Waals surface area contributed by atoms with E-state index in [1.165, 1.54) is 0 Å². The quantitative estimate of drug-likeness (QED) is 0.119. The lowest BCUT2D eigenvalue weighted by molar-refractivity contribution is -0.121. The van der Waals surface area contributed by atoms with Crippen molar-refractivity contribution in [1.82, 2.24) is 9.80 Å². The SMILES string of the molecule is COc1ccc(CCC(=O)CC2c3c(cc4c(c3OC)OCO4)CC(c3ccc(C)c(CCC(=O)CC4c5c(cc6c(c5OC)OCO6)CCN4C)c3)N2C)c(OC)c1. The first-order valence-corrected chi connectivity index (χ1v) is 20.4. The largest absolute Gasteiger partial charge is 0.497 e. The zero-order valence-electron chi connectivity index (χ0n) is 35.1. The van der Waals surface area contributed by atoms with Crippen molar-refractivity contribution >= 4 is 11.6 Å². The number of likely N-dealkylation sites (N-methyl/N-ethyl adjacent to an activating group) is 2. The summed E-state index contributed by atoms with van der Waals surface area (Å²) in [6, 6.07) is 15.9. The van der Waals surface area contributed by atoms with Crippen molar-refractivity contribution in [2.45, 2.75) is 76.4 Å². The summed E-state index contributed by atoms with van der Waals surface area (Å²) in [6.45, 7) is 3.22. The normalized spacial score (nSPS) is 19.2. The number of hydrogen-bond acceptors (Lipinski definition) is 12. The van der Waals surface area contributed by atoms with Gasteiger partial charge in [0.1, 0.15) is 23.1 Å². The highest BCUT2D eigenvalue weighted by molar-refractivity contribution is 5.81. The summed E-state index contributed by atoms with van der Waals surface area (Å²) in [7, 11) is 10.7. The molecular formula is C47H54N2O10. The van der Waals surface area contributed by atoms with Crippen molar-refractivity contribution in [2.75, 3.05) is 62.7 Å². The minimum atomic E-state index is -0.282. The zero-order valence-corrected chi connectivity index (χ0v) is 35.1. The molecule has 59 heavy (non-hydrogen) atoms. The Hall–Kier alpha value is -5.46. The van der Waals surface area contributed by atoms with E-state index in [1.54, 1.807) is 28.4 Å². The van der Waals surface area contributed by atoms with Crippen molar-refractivity contribution < 1.29 is 47.5 Å². The fraction of sp³-hybridized carbons (Fsp3) is 0.447. The van der Waals surface area contributed by atoms with Gasteiger partial charge < -0.3 is 37.9 Å². The monoisotopic (exact) mass is 806 g/mol. The molecule has 0 saturated heterocycles. The maximum absolute atomic E-state index is 14.0. The van der Waals surface area contributed by atoms with Gasteiger partial charge in [-0.3, -0.25) is 19.4 Å². The van der Waals surface area contributed by atoms with Gasteiger partial charge in [-0.05, 0) is 98.3 Å². The van der Waals surface area contributed by atoms with Crippen molar-refractivity contribution in [2.24, 2.45) is 0 Å². The molecule has 8 rings (SSSR count). The van der Waals surface area contributed by atoms with Crippen LogP contribution >= 0.6 is 0 Å². The Morgan fingerprint density at radius 2 is 1.32 bits per heavy atom. The topological polar surface area (TPSA) is 114 Å². The first-order valence-electron chi connectivity index (χ1n) is 20.4. The summed E-state index contributed by atoms with van der Waals surface area (Å²) in [5.74, 6) is 5.55. The molecule has 0 amide bonds. The third-order valence-corrected chi connectivity index (χ3v) is 12.7. The fourth-order valence-electron chi connectivity index (χ4n) is 9.38. The number of aryl methyl sites for hydroxylation is 3. The van der Waals surface area contributed by atoms with Crippen molar-refractivity contribution in [3.05, 3.63) is 93.0 Å². The molecule has 4 aromatic carbocycles. The van der Waals surface area contributed by atoms with Gasteiger partial charge in [0.25, 0.3) is 0 Å². The highest BCUT2D eigenvalue weighted by Crippen LogP contribution is 2.54. The number of ether oxygens (including phenoxy) is 8. The van der Waals surface area contributed by atoms with Crippen LogP contribution in [0.25, 0.3) is 0 Å². The Bertz CT molecular complexity index is 2250. The van der Waals surface area contributed by atoms with E-state index in [-0.39, 0.29) is 49.7 Å². The predicted molar refractivity (Wildman–Crippen MR) is 221 cm³/mol. The van der Waals surface area contributed by atoms with Crippen LogP contribution in [0.2, 0.25) is 0 Å². The lowest BCUT2D eigenvalue weighted by Crippen LogP contribution is -2.37. The molecule has 0 spiro atoms. The van der Waals surface area contributed by atoms with Crippen molar-refractivity contribution in [1.29, 1.82) is 0 Å². The number of carbonyl (C=O) groups excluding carboxylic acids is 2. The van der Waals surface area contributed by atoms with Crippen LogP contribution in [0.5, 0.6) is 46.0 Å². The van der Waals surface area contributed by atoms with Gasteiger partial charge in [0.2, 0.25) is 25.1 Å². The number of hydrogen-bond donors (Lipinski definition) is 0. The molecule has 0 radical (unpaired) electrons. The second kappa shape index (κ2) is 17.0. The smallest absolute Gasteiger partial charge is 0.231 e. The van der Waals surface area contributed by atoms with Gasteiger partial charge in [-0.1, -0.05) is 24.3 Å². The zero-order chi connectivity index (χ0) is 41.4. The molecule has 4 heterocycles. The number of nitrogens with zero attached hydrogens (tertiary/aromatic N) is 2. The molecule has 12 nitrogen and oxygen atoms in total. The van der Waals surface area contributed by atoms with E-state index in [4.69, 9.17) is 37.9 Å². The van der Waals surface area contributed by atoms with Gasteiger partial charge in [-0.2, -0.15) is 0 Å². The van der Waals surface area contributed by atoms with Crippen LogP contribution < -0.4 is 37.9 Å². The molecule has 3 atom stereocenters. The van der Waals surface area contributed by atoms with E-state index in [0.717, 1.165) is 57.5 Å². The predicted octanol–water partition coefficient (Wildman–Crippen LogP) is 7.47. The number of benzene rings is 4. The minimum absolute atomic E-state index is 0.0464. The molecule has 12 heteroatoms. The second-order valence-corrected chi connectivity index (χ2v) is 15.9. The van der Waals surface area contributed by atoms with Gasteiger partial charge in [0.15, 0.2) is 23.0 Å². The molecular weight excluding hydrogens is 753 g/mol. The Kier molecular flexibility index (Phi) is 11.6. The highest BCUT2D eigenvalue weighted by Gasteiger charge is 2.40. The first-order chi connectivity index (χ1) is 28.6. The lowest BCUT2D eigenvalue weighted by Gasteiger charge is -2.42. The number of rotatable bonds is 15. The Morgan fingerprint density at radius 3 is 1.97 bits per heavy atom. The van der Waals surface area contributed by atoms with Crippen LogP contribution in [0.3, 0.4) is 0 Å². The van der Waals surface area contributed by atoms with Crippen molar-refractivity contribution in [3.8, 4) is 46.0 Å². The van der Waals surface area contributed by atoms with E-state index in [0.29, 0.717) is 84.5 Å². The fourth-order valence-corrected chi connectivity index (χ4v) is 9.38. The van der Waals surface area contributed by atoms with E-state index >= 15 is 0 Å². The van der Waals surface area contributed by atoms with Gasteiger partial charge in [0.05, 0.1) is 28.4 Å². The number of carbonyl (C=O) groups is 2. The summed E-state index contributed by atoms with van der Waals surface area (Å²) in [5, 5.41) is 0. The second-order valence-electron chi connectivity index (χ2n) is 15.9. The van der Waals surface area contributed by atoms with Crippen LogP contribution in [0.1, 0.15) is 88.3 Å². The Morgan fingerprint density at radius 1 is 0.695 bits per heavy atom. The minimum Gasteiger partial charge on any atom is -0.497 e. The van der Waals surface area contributed by atoms with Crippen molar-refractivity contribution in [3.63, 3.8) is 0 Å². The molecule has 4 aliphatic heterocycles. The number of ketones is 2. The number of methoxy groups -OCH3 is 4. The maximum Gasteiger partial charge on any atom is 0.231 e. The summed E-state index contributed by atoms with van der Waals surface area (Å²) < 4.78 is 46.1. The molecule has 312 valence electrons. The summed E-state index contributed by atoms with van der Waals surface area (Å²) >= 11 is 0. The van der Waals surface area contributed by atoms with E-state index < -0.39 is 0 Å². The molecule has 0 aliphatic carbocycles. The standard InChI is InChI=1S/C47H54N2O10/c1-27-8-9-30(18-29(27)11-14-33(50)22-37-42-31(16-17-48(37)2)20-40-44(46(42)54-6)58-25-56-40)36-19-32-21-41-45(59-26-57-41)47(55-7)43(32)38(49(36)3)23-34(51)13-10-28-12-15-35(52-4)24-39(28)53-5/h8-9,12,15,18,20-21,24,36-38H,10-11,13-14,16-17,19,22-23,25-26H2,1-7H3. The Labute approximate surface area is 346 Å². The highest BCUT2D eigenvalue weighted by atomic mass is 16.7. The van der Waals surface area contributed by atoms with Crippen LogP contribution in [-0.4, -0.2) is 84.0 Å². The summed E-state index contributed by atoms with van der Waals surface area (Å²) in [5.41, 5.74) is 8.54. The molecule has 0 aromatic heterocycles. The molecule has 0 N–H and O–H groups in total. The van der Waals surface area contributed by atoms with Crippen LogP contribution in [0, 0.1) is 6.92 Å². The molecule has 3 unspecified atom stereocenters. The van der Waals surface area contributed by atoms with Crippen LogP contribution in [0.15, 0.2) is 48.5 Å². The molecule has 0 bridgehead atoms. The first kappa shape index (κ1) is 40.3. The van der Waals surface area contributed by atoms with Gasteiger partial charge in [-0.15, -0.1) is 0 Å². The average molecular weight is 807 g/mol. The number of Topliss-reactive ketones (excluding diaryl/α,β-unsaturated/α-hetero) is 2. The van der Waals surface area contributed by atoms with Crippen LogP contribution in [-0.2, 0) is 35.3 Å². The van der Waals surface area contributed by atoms with Crippen LogP contribution in [0.4, 0.5) is 0 Å². The Balaban J connectivity index is 1.02. The third kappa shape index (κ3) is 7.76. The average Bonchev–Trinajstić information content (AvgIpc) is 3.93. The summed E-state index contributed by atoms with van der Waals surface area (Å²) in [4.78, 5) is 32.4. The maximum atomic E-state index is 14.0. The van der Waals surface area contributed by atoms with E-state index in [9.17, 15) is 9.59 Å². The summed E-state index contributed by atoms with van der Waals surface area (Å²) in [6.07, 6.45) is 4.11. The van der Waals surface area contributed by atoms with Gasteiger partial charge >= 0.3 is 0 Å². The van der Waals surface area contributed by atoms with E-state index in [1.807, 2.05) is 24.3 Å². The lowest BCUT2D eigenvalue weighted by atomic mass is 9.81. The number of fused-ring (bicyclic) bond motifs is 4. The molecule has 0 saturated carbocycles. The van der Waals surface area contributed by atoms with Gasteiger partial charge in [-0.25, -0.2) is 0 Å². The third-order valence-electron chi connectivity index (χ3n) is 12.7. The molecule has 4 aromatic rings.